The number of carbonyl (C=O) groups is 2. The van der Waals surface area contributed by atoms with Gasteiger partial charge in [-0.1, -0.05) is 24.6 Å². The van der Waals surface area contributed by atoms with Crippen molar-refractivity contribution in [1.29, 1.82) is 0 Å². The fourth-order valence-corrected chi connectivity index (χ4v) is 2.15. The van der Waals surface area contributed by atoms with E-state index in [1.54, 1.807) is 43.3 Å². The zero-order valence-electron chi connectivity index (χ0n) is 13.7. The van der Waals surface area contributed by atoms with Crippen LogP contribution in [0.25, 0.3) is 0 Å². The van der Waals surface area contributed by atoms with Gasteiger partial charge >= 0.3 is 0 Å². The molecule has 0 aliphatic rings. The Morgan fingerprint density at radius 3 is 2.29 bits per heavy atom. The van der Waals surface area contributed by atoms with Crippen LogP contribution in [-0.4, -0.2) is 18.4 Å². The number of benzene rings is 2. The minimum atomic E-state index is -0.179. The third kappa shape index (κ3) is 5.28. The van der Waals surface area contributed by atoms with Gasteiger partial charge in [-0.3, -0.25) is 9.59 Å². The van der Waals surface area contributed by atoms with Gasteiger partial charge < -0.3 is 16.0 Å². The van der Waals surface area contributed by atoms with Crippen molar-refractivity contribution in [2.75, 3.05) is 22.5 Å². The van der Waals surface area contributed by atoms with Crippen molar-refractivity contribution in [3.8, 4) is 0 Å². The summed E-state index contributed by atoms with van der Waals surface area (Å²) in [6, 6.07) is 12.5. The molecule has 0 spiro atoms. The Morgan fingerprint density at radius 2 is 1.62 bits per heavy atom. The van der Waals surface area contributed by atoms with Crippen LogP contribution >= 0.6 is 11.6 Å². The van der Waals surface area contributed by atoms with E-state index in [4.69, 9.17) is 11.6 Å². The summed E-state index contributed by atoms with van der Waals surface area (Å²) in [5.41, 5.74) is 3.09. The number of anilines is 3. The molecule has 0 aromatic heterocycles. The lowest BCUT2D eigenvalue weighted by atomic mass is 10.1. The van der Waals surface area contributed by atoms with Gasteiger partial charge in [0.2, 0.25) is 11.8 Å². The van der Waals surface area contributed by atoms with Gasteiger partial charge in [0.15, 0.2) is 0 Å². The van der Waals surface area contributed by atoms with Crippen LogP contribution in [0.15, 0.2) is 42.5 Å². The van der Waals surface area contributed by atoms with E-state index >= 15 is 0 Å². The predicted octanol–water partition coefficient (Wildman–Crippen LogP) is 4.05. The summed E-state index contributed by atoms with van der Waals surface area (Å²) in [5, 5.41) is 9.29. The highest BCUT2D eigenvalue weighted by molar-refractivity contribution is 6.30. The summed E-state index contributed by atoms with van der Waals surface area (Å²) in [7, 11) is 0. The van der Waals surface area contributed by atoms with E-state index in [1.165, 1.54) is 0 Å². The second kappa shape index (κ2) is 8.36. The van der Waals surface area contributed by atoms with Crippen molar-refractivity contribution >= 4 is 40.5 Å². The Balaban J connectivity index is 1.94. The first-order valence-electron chi connectivity index (χ1n) is 7.67. The molecule has 5 nitrogen and oxygen atoms in total. The molecule has 0 fully saturated rings. The molecule has 0 unspecified atom stereocenters. The van der Waals surface area contributed by atoms with E-state index < -0.39 is 0 Å². The topological polar surface area (TPSA) is 70.2 Å². The third-order valence-electron chi connectivity index (χ3n) is 3.41. The molecule has 24 heavy (non-hydrogen) atoms. The Morgan fingerprint density at radius 1 is 0.958 bits per heavy atom. The first kappa shape index (κ1) is 17.8. The molecular formula is C18H20ClN3O2. The zero-order valence-corrected chi connectivity index (χ0v) is 14.4. The number of halogens is 1. The average Bonchev–Trinajstić information content (AvgIpc) is 2.57. The molecule has 2 aromatic rings. The summed E-state index contributed by atoms with van der Waals surface area (Å²) < 4.78 is 0. The highest BCUT2D eigenvalue weighted by Crippen LogP contribution is 2.20. The van der Waals surface area contributed by atoms with E-state index in [0.29, 0.717) is 22.8 Å². The van der Waals surface area contributed by atoms with E-state index in [0.717, 1.165) is 11.3 Å². The van der Waals surface area contributed by atoms with Crippen LogP contribution in [0.5, 0.6) is 0 Å². The van der Waals surface area contributed by atoms with Crippen LogP contribution < -0.4 is 16.0 Å². The summed E-state index contributed by atoms with van der Waals surface area (Å²) in [6.45, 7) is 3.82. The van der Waals surface area contributed by atoms with Crippen molar-refractivity contribution < 1.29 is 9.59 Å². The minimum Gasteiger partial charge on any atom is -0.376 e. The van der Waals surface area contributed by atoms with Gasteiger partial charge in [-0.05, 0) is 48.9 Å². The Bertz CT molecular complexity index is 730. The number of carbonyl (C=O) groups excluding carboxylic acids is 2. The number of hydrogen-bond acceptors (Lipinski definition) is 3. The SMILES string of the molecule is CCC(=O)Nc1cc(NC(=O)CNc2ccc(Cl)cc2)ccc1C. The molecule has 0 atom stereocenters. The van der Waals surface area contributed by atoms with E-state index in [2.05, 4.69) is 16.0 Å². The molecule has 2 rings (SSSR count). The molecular weight excluding hydrogens is 326 g/mol. The normalized spacial score (nSPS) is 10.1. The largest absolute Gasteiger partial charge is 0.376 e. The van der Waals surface area contributed by atoms with Gasteiger partial charge in [-0.2, -0.15) is 0 Å². The lowest BCUT2D eigenvalue weighted by Crippen LogP contribution is -2.22. The monoisotopic (exact) mass is 345 g/mol. The molecule has 0 radical (unpaired) electrons. The Kier molecular flexibility index (Phi) is 6.21. The number of rotatable bonds is 6. The second-order valence-corrected chi connectivity index (χ2v) is 5.78. The van der Waals surface area contributed by atoms with Crippen molar-refractivity contribution in [2.24, 2.45) is 0 Å². The van der Waals surface area contributed by atoms with Crippen molar-refractivity contribution in [3.63, 3.8) is 0 Å². The quantitative estimate of drug-likeness (QED) is 0.739. The summed E-state index contributed by atoms with van der Waals surface area (Å²) >= 11 is 5.82. The smallest absolute Gasteiger partial charge is 0.243 e. The third-order valence-corrected chi connectivity index (χ3v) is 3.67. The molecule has 0 bridgehead atoms. The highest BCUT2D eigenvalue weighted by atomic mass is 35.5. The van der Waals surface area contributed by atoms with Gasteiger partial charge in [0, 0.05) is 28.5 Å². The molecule has 6 heteroatoms. The maximum atomic E-state index is 12.0. The van der Waals surface area contributed by atoms with E-state index in [9.17, 15) is 9.59 Å². The zero-order chi connectivity index (χ0) is 17.5. The Hall–Kier alpha value is -2.53. The van der Waals surface area contributed by atoms with Gasteiger partial charge in [-0.15, -0.1) is 0 Å². The fourth-order valence-electron chi connectivity index (χ4n) is 2.03. The van der Waals surface area contributed by atoms with Crippen LogP contribution in [0.1, 0.15) is 18.9 Å². The van der Waals surface area contributed by atoms with Crippen LogP contribution in [0.4, 0.5) is 17.1 Å². The summed E-state index contributed by atoms with van der Waals surface area (Å²) in [6.07, 6.45) is 0.404. The van der Waals surface area contributed by atoms with E-state index in [-0.39, 0.29) is 18.4 Å². The number of hydrogen-bond donors (Lipinski definition) is 3. The lowest BCUT2D eigenvalue weighted by Gasteiger charge is -2.12. The van der Waals surface area contributed by atoms with Gasteiger partial charge in [0.25, 0.3) is 0 Å². The van der Waals surface area contributed by atoms with Crippen molar-refractivity contribution in [3.05, 3.63) is 53.1 Å². The lowest BCUT2D eigenvalue weighted by molar-refractivity contribution is -0.116. The number of nitrogens with one attached hydrogen (secondary N) is 3. The van der Waals surface area contributed by atoms with Gasteiger partial charge in [0.1, 0.15) is 0 Å². The van der Waals surface area contributed by atoms with Crippen LogP contribution in [0, 0.1) is 6.92 Å². The molecule has 3 N–H and O–H groups in total. The Labute approximate surface area is 146 Å². The molecule has 0 heterocycles. The maximum absolute atomic E-state index is 12.0. The first-order chi connectivity index (χ1) is 11.5. The van der Waals surface area contributed by atoms with Crippen LogP contribution in [0.2, 0.25) is 5.02 Å². The van der Waals surface area contributed by atoms with Crippen molar-refractivity contribution in [2.45, 2.75) is 20.3 Å². The summed E-state index contributed by atoms with van der Waals surface area (Å²) in [4.78, 5) is 23.6. The van der Waals surface area contributed by atoms with Crippen LogP contribution in [0.3, 0.4) is 0 Å². The number of amides is 2. The molecule has 2 aromatic carbocycles. The average molecular weight is 346 g/mol. The molecule has 2 amide bonds. The van der Waals surface area contributed by atoms with Crippen molar-refractivity contribution in [1.82, 2.24) is 0 Å². The molecule has 0 saturated carbocycles. The maximum Gasteiger partial charge on any atom is 0.243 e. The first-order valence-corrected chi connectivity index (χ1v) is 8.05. The van der Waals surface area contributed by atoms with Crippen LogP contribution in [-0.2, 0) is 9.59 Å². The molecule has 0 aliphatic carbocycles. The molecule has 0 saturated heterocycles. The molecule has 0 aliphatic heterocycles. The minimum absolute atomic E-state index is 0.0639. The molecule has 126 valence electrons. The summed E-state index contributed by atoms with van der Waals surface area (Å²) in [5.74, 6) is -0.243. The predicted molar refractivity (Wildman–Crippen MR) is 98.7 cm³/mol. The van der Waals surface area contributed by atoms with Gasteiger partial charge in [-0.25, -0.2) is 0 Å². The second-order valence-electron chi connectivity index (χ2n) is 5.34. The van der Waals surface area contributed by atoms with Gasteiger partial charge in [0.05, 0.1) is 6.54 Å². The standard InChI is InChI=1S/C18H20ClN3O2/c1-3-17(23)22-16-10-15(7-4-12(16)2)21-18(24)11-20-14-8-5-13(19)6-9-14/h4-10,20H,3,11H2,1-2H3,(H,21,24)(H,22,23). The fraction of sp³-hybridized carbons (Fsp3) is 0.222. The van der Waals surface area contributed by atoms with E-state index in [1.807, 2.05) is 13.0 Å². The highest BCUT2D eigenvalue weighted by Gasteiger charge is 2.07. The number of aryl methyl sites for hydroxylation is 1.